The summed E-state index contributed by atoms with van der Waals surface area (Å²) in [5.74, 6) is -0.230. The second-order valence-electron chi connectivity index (χ2n) is 4.77. The van der Waals surface area contributed by atoms with Gasteiger partial charge in [0.15, 0.2) is 0 Å². The lowest BCUT2D eigenvalue weighted by molar-refractivity contribution is 0.0780. The maximum Gasteiger partial charge on any atom is 0.270 e. The lowest BCUT2D eigenvalue weighted by Crippen LogP contribution is -2.29. The minimum Gasteiger partial charge on any atom is -0.383 e. The molecule has 0 unspecified atom stereocenters. The summed E-state index contributed by atoms with van der Waals surface area (Å²) in [7, 11) is 4.72. The summed E-state index contributed by atoms with van der Waals surface area (Å²) in [6.45, 7) is 3.41. The molecule has 0 atom stereocenters. The molecule has 21 heavy (non-hydrogen) atoms. The highest BCUT2D eigenvalue weighted by atomic mass is 35.7. The van der Waals surface area contributed by atoms with E-state index in [9.17, 15) is 13.2 Å². The van der Waals surface area contributed by atoms with Crippen molar-refractivity contribution in [3.05, 3.63) is 18.0 Å². The first-order chi connectivity index (χ1) is 9.81. The van der Waals surface area contributed by atoms with Gasteiger partial charge in [-0.05, 0) is 12.5 Å². The van der Waals surface area contributed by atoms with Crippen LogP contribution in [0.4, 0.5) is 0 Å². The molecular weight excluding hydrogens is 316 g/mol. The van der Waals surface area contributed by atoms with Crippen LogP contribution in [0, 0.1) is 0 Å². The number of nitrogens with zero attached hydrogens (tertiary/aromatic N) is 2. The molecule has 6 nitrogen and oxygen atoms in total. The minimum atomic E-state index is -3.87. The van der Waals surface area contributed by atoms with Crippen molar-refractivity contribution in [2.24, 2.45) is 0 Å². The number of ether oxygens (including phenoxy) is 1. The highest BCUT2D eigenvalue weighted by Gasteiger charge is 2.21. The van der Waals surface area contributed by atoms with Gasteiger partial charge in [-0.2, -0.15) is 0 Å². The van der Waals surface area contributed by atoms with E-state index in [0.717, 1.165) is 12.8 Å². The average Bonchev–Trinajstić information content (AvgIpc) is 2.85. The Morgan fingerprint density at radius 1 is 1.48 bits per heavy atom. The summed E-state index contributed by atoms with van der Waals surface area (Å²) >= 11 is 0. The zero-order valence-electron chi connectivity index (χ0n) is 12.5. The predicted octanol–water partition coefficient (Wildman–Crippen LogP) is 1.93. The Hall–Kier alpha value is -1.05. The second kappa shape index (κ2) is 7.82. The van der Waals surface area contributed by atoms with Gasteiger partial charge >= 0.3 is 0 Å². The monoisotopic (exact) mass is 336 g/mol. The van der Waals surface area contributed by atoms with Crippen molar-refractivity contribution in [2.45, 2.75) is 31.2 Å². The van der Waals surface area contributed by atoms with Crippen LogP contribution in [0.15, 0.2) is 17.2 Å². The third kappa shape index (κ3) is 5.01. The molecule has 0 aliphatic carbocycles. The van der Waals surface area contributed by atoms with Crippen LogP contribution in [0.2, 0.25) is 0 Å². The second-order valence-corrected chi connectivity index (χ2v) is 7.33. The van der Waals surface area contributed by atoms with Gasteiger partial charge in [0.2, 0.25) is 0 Å². The third-order valence-corrected chi connectivity index (χ3v) is 4.42. The molecule has 0 radical (unpaired) electrons. The first-order valence-electron chi connectivity index (χ1n) is 6.70. The lowest BCUT2D eigenvalue weighted by atomic mass is 10.3. The van der Waals surface area contributed by atoms with E-state index in [4.69, 9.17) is 15.4 Å². The van der Waals surface area contributed by atoms with E-state index >= 15 is 0 Å². The van der Waals surface area contributed by atoms with E-state index in [0.29, 0.717) is 25.4 Å². The molecule has 1 aromatic rings. The Balaban J connectivity index is 3.07. The van der Waals surface area contributed by atoms with Crippen LogP contribution in [0.25, 0.3) is 0 Å². The van der Waals surface area contributed by atoms with Crippen molar-refractivity contribution in [1.82, 2.24) is 9.47 Å². The van der Waals surface area contributed by atoms with Crippen molar-refractivity contribution in [2.75, 3.05) is 27.3 Å². The lowest BCUT2D eigenvalue weighted by Gasteiger charge is -2.17. The fourth-order valence-electron chi connectivity index (χ4n) is 1.86. The fourth-order valence-corrected chi connectivity index (χ4v) is 2.62. The summed E-state index contributed by atoms with van der Waals surface area (Å²) in [6.07, 6.45) is 3.23. The number of amides is 1. The Bertz CT molecular complexity index is 583. The summed E-state index contributed by atoms with van der Waals surface area (Å²) in [5, 5.41) is 0. The van der Waals surface area contributed by atoms with Gasteiger partial charge < -0.3 is 14.2 Å². The molecule has 0 fully saturated rings. The molecular formula is C13H21ClN2O4S. The van der Waals surface area contributed by atoms with E-state index in [1.807, 2.05) is 6.92 Å². The van der Waals surface area contributed by atoms with Crippen LogP contribution in [0.5, 0.6) is 0 Å². The maximum atomic E-state index is 12.4. The average molecular weight is 337 g/mol. The number of halogens is 1. The topological polar surface area (TPSA) is 68.6 Å². The fraction of sp³-hybridized carbons (Fsp3) is 0.615. The van der Waals surface area contributed by atoms with Crippen molar-refractivity contribution < 1.29 is 17.9 Å². The molecule has 0 aliphatic heterocycles. The van der Waals surface area contributed by atoms with E-state index in [1.54, 1.807) is 16.5 Å². The SMILES string of the molecule is CCCCN(C)C(=O)c1cc(S(=O)(=O)Cl)cn1CCOC. The normalized spacial score (nSPS) is 11.6. The predicted molar refractivity (Wildman–Crippen MR) is 81.2 cm³/mol. The molecule has 1 rings (SSSR count). The molecule has 0 saturated carbocycles. The summed E-state index contributed by atoms with van der Waals surface area (Å²) in [4.78, 5) is 13.9. The number of rotatable bonds is 8. The van der Waals surface area contributed by atoms with Crippen LogP contribution in [0.1, 0.15) is 30.3 Å². The number of aromatic nitrogens is 1. The molecule has 0 spiro atoms. The van der Waals surface area contributed by atoms with Crippen molar-refractivity contribution in [1.29, 1.82) is 0 Å². The number of methoxy groups -OCH3 is 1. The number of hydrogen-bond acceptors (Lipinski definition) is 4. The molecule has 1 heterocycles. The molecule has 0 N–H and O–H groups in total. The van der Waals surface area contributed by atoms with Crippen molar-refractivity contribution in [3.63, 3.8) is 0 Å². The molecule has 1 amide bonds. The zero-order valence-corrected chi connectivity index (χ0v) is 14.1. The van der Waals surface area contributed by atoms with E-state index in [1.165, 1.54) is 19.4 Å². The Labute approximate surface area is 130 Å². The van der Waals surface area contributed by atoms with Gasteiger partial charge in [0.05, 0.1) is 6.61 Å². The standard InChI is InChI=1S/C13H21ClN2O4S/c1-4-5-6-15(2)13(17)12-9-11(21(14,18)19)10-16(12)7-8-20-3/h9-10H,4-8H2,1-3H3. The highest BCUT2D eigenvalue weighted by Crippen LogP contribution is 2.20. The van der Waals surface area contributed by atoms with E-state index < -0.39 is 9.05 Å². The largest absolute Gasteiger partial charge is 0.383 e. The molecule has 0 aliphatic rings. The Morgan fingerprint density at radius 3 is 2.67 bits per heavy atom. The van der Waals surface area contributed by atoms with Crippen LogP contribution in [-0.2, 0) is 20.3 Å². The Kier molecular flexibility index (Phi) is 6.70. The van der Waals surface area contributed by atoms with Crippen LogP contribution >= 0.6 is 10.7 Å². The van der Waals surface area contributed by atoms with Gasteiger partial charge in [0.1, 0.15) is 10.6 Å². The van der Waals surface area contributed by atoms with Crippen molar-refractivity contribution >= 4 is 25.6 Å². The first kappa shape index (κ1) is 18.0. The molecule has 0 saturated heterocycles. The summed E-state index contributed by atoms with van der Waals surface area (Å²) in [6, 6.07) is 1.31. The Morgan fingerprint density at radius 2 is 2.14 bits per heavy atom. The van der Waals surface area contributed by atoms with Crippen molar-refractivity contribution in [3.8, 4) is 0 Å². The number of carbonyl (C=O) groups excluding carboxylic acids is 1. The molecule has 0 aromatic carbocycles. The molecule has 0 bridgehead atoms. The molecule has 1 aromatic heterocycles. The van der Waals surface area contributed by atoms with Crippen LogP contribution in [0.3, 0.4) is 0 Å². The van der Waals surface area contributed by atoms with Crippen LogP contribution < -0.4 is 0 Å². The van der Waals surface area contributed by atoms with Gasteiger partial charge in [-0.15, -0.1) is 0 Å². The summed E-state index contributed by atoms with van der Waals surface area (Å²) in [5.41, 5.74) is 0.296. The third-order valence-electron chi connectivity index (χ3n) is 3.10. The maximum absolute atomic E-state index is 12.4. The van der Waals surface area contributed by atoms with Crippen LogP contribution in [-0.4, -0.2) is 51.1 Å². The summed E-state index contributed by atoms with van der Waals surface area (Å²) < 4.78 is 29.4. The van der Waals surface area contributed by atoms with Gasteiger partial charge in [-0.25, -0.2) is 8.42 Å². The first-order valence-corrected chi connectivity index (χ1v) is 9.01. The zero-order chi connectivity index (χ0) is 16.0. The smallest absolute Gasteiger partial charge is 0.270 e. The number of hydrogen-bond donors (Lipinski definition) is 0. The van der Waals surface area contributed by atoms with Gasteiger partial charge in [0, 0.05) is 44.1 Å². The molecule has 120 valence electrons. The van der Waals surface area contributed by atoms with E-state index in [2.05, 4.69) is 0 Å². The quantitative estimate of drug-likeness (QED) is 0.680. The minimum absolute atomic E-state index is 0.0764. The van der Waals surface area contributed by atoms with Gasteiger partial charge in [-0.3, -0.25) is 4.79 Å². The number of carbonyl (C=O) groups is 1. The highest BCUT2D eigenvalue weighted by molar-refractivity contribution is 8.13. The number of unbranched alkanes of at least 4 members (excludes halogenated alkanes) is 1. The van der Waals surface area contributed by atoms with E-state index in [-0.39, 0.29) is 10.8 Å². The van der Waals surface area contributed by atoms with Gasteiger partial charge in [0.25, 0.3) is 15.0 Å². The van der Waals surface area contributed by atoms with Gasteiger partial charge in [-0.1, -0.05) is 13.3 Å². The molecule has 8 heteroatoms.